The molecule has 0 aromatic carbocycles. The number of fused-ring (bicyclic) bond motifs is 4. The maximum absolute atomic E-state index is 12.4. The van der Waals surface area contributed by atoms with E-state index < -0.39 is 0 Å². The fraction of sp³-hybridized carbons (Fsp3) is 0.947. The molecule has 0 saturated heterocycles. The van der Waals surface area contributed by atoms with Crippen LogP contribution in [0.15, 0.2) is 0 Å². The zero-order valence-electron chi connectivity index (χ0n) is 13.4. The quantitative estimate of drug-likeness (QED) is 0.740. The van der Waals surface area contributed by atoms with Crippen molar-refractivity contribution in [1.82, 2.24) is 0 Å². The lowest BCUT2D eigenvalue weighted by molar-refractivity contribution is -0.154. The summed E-state index contributed by atoms with van der Waals surface area (Å²) in [6.45, 7) is 4.73. The molecule has 5 aliphatic carbocycles. The Hall–Kier alpha value is -0.370. The van der Waals surface area contributed by atoms with Crippen LogP contribution in [-0.4, -0.2) is 17.0 Å². The number of carbonyl (C=O) groups is 1. The molecule has 0 amide bonds. The summed E-state index contributed by atoms with van der Waals surface area (Å²) in [6, 6.07) is 0. The van der Waals surface area contributed by atoms with Gasteiger partial charge in [0.2, 0.25) is 0 Å². The van der Waals surface area contributed by atoms with E-state index in [0.29, 0.717) is 23.0 Å². The van der Waals surface area contributed by atoms with Crippen LogP contribution in [0.5, 0.6) is 0 Å². The Kier molecular flexibility index (Phi) is 2.23. The zero-order valence-corrected chi connectivity index (χ0v) is 13.4. The molecule has 2 heteroatoms. The number of ketones is 1. The molecule has 5 aliphatic rings. The first kappa shape index (κ1) is 13.1. The van der Waals surface area contributed by atoms with Gasteiger partial charge in [0.25, 0.3) is 0 Å². The van der Waals surface area contributed by atoms with Crippen LogP contribution in [0.3, 0.4) is 0 Å². The van der Waals surface area contributed by atoms with E-state index in [-0.39, 0.29) is 16.9 Å². The molecule has 1 spiro atoms. The predicted octanol–water partition coefficient (Wildman–Crippen LogP) is 3.57. The normalized spacial score (nSPS) is 64.5. The first-order chi connectivity index (χ1) is 9.93. The molecule has 5 fully saturated rings. The van der Waals surface area contributed by atoms with Crippen molar-refractivity contribution in [2.45, 2.75) is 71.3 Å². The number of hydrogen-bond acceptors (Lipinski definition) is 2. The average Bonchev–Trinajstić information content (AvgIpc) is 3.01. The minimum Gasteiger partial charge on any atom is -0.393 e. The second kappa shape index (κ2) is 3.58. The lowest BCUT2D eigenvalue weighted by Gasteiger charge is -2.59. The molecular formula is C19H28O2. The van der Waals surface area contributed by atoms with E-state index in [1.54, 1.807) is 0 Å². The molecule has 0 bridgehead atoms. The highest BCUT2D eigenvalue weighted by molar-refractivity contribution is 5.87. The highest BCUT2D eigenvalue weighted by atomic mass is 16.3. The maximum Gasteiger partial charge on any atom is 0.139 e. The third kappa shape index (κ3) is 1.22. The van der Waals surface area contributed by atoms with Crippen LogP contribution in [-0.2, 0) is 4.79 Å². The van der Waals surface area contributed by atoms with E-state index in [4.69, 9.17) is 0 Å². The first-order valence-corrected chi connectivity index (χ1v) is 9.15. The smallest absolute Gasteiger partial charge is 0.139 e. The van der Waals surface area contributed by atoms with Gasteiger partial charge < -0.3 is 5.11 Å². The van der Waals surface area contributed by atoms with Gasteiger partial charge in [-0.3, -0.25) is 4.79 Å². The third-order valence-electron chi connectivity index (χ3n) is 9.28. The molecule has 0 heterocycles. The van der Waals surface area contributed by atoms with Crippen LogP contribution in [0, 0.1) is 39.9 Å². The topological polar surface area (TPSA) is 37.3 Å². The molecule has 5 saturated carbocycles. The molecule has 0 radical (unpaired) electrons. The van der Waals surface area contributed by atoms with E-state index in [1.807, 2.05) is 0 Å². The van der Waals surface area contributed by atoms with Crippen molar-refractivity contribution >= 4 is 5.78 Å². The summed E-state index contributed by atoms with van der Waals surface area (Å²) in [5, 5.41) is 11.0. The Morgan fingerprint density at radius 1 is 1.10 bits per heavy atom. The summed E-state index contributed by atoms with van der Waals surface area (Å²) in [5.41, 5.74) is 0.598. The number of Topliss-reactive ketones (excluding diaryl/α,β-unsaturated/α-hetero) is 1. The van der Waals surface area contributed by atoms with Gasteiger partial charge >= 0.3 is 0 Å². The van der Waals surface area contributed by atoms with Crippen LogP contribution in [0.1, 0.15) is 65.2 Å². The summed E-state index contributed by atoms with van der Waals surface area (Å²) in [5.74, 6) is 3.28. The second-order valence-corrected chi connectivity index (χ2v) is 9.44. The van der Waals surface area contributed by atoms with Gasteiger partial charge in [-0.1, -0.05) is 13.8 Å². The van der Waals surface area contributed by atoms with Crippen molar-refractivity contribution in [3.63, 3.8) is 0 Å². The van der Waals surface area contributed by atoms with Crippen LogP contribution < -0.4 is 0 Å². The summed E-state index contributed by atoms with van der Waals surface area (Å²) < 4.78 is 0. The molecule has 2 nitrogen and oxygen atoms in total. The van der Waals surface area contributed by atoms with Gasteiger partial charge in [0.05, 0.1) is 6.10 Å². The molecule has 116 valence electrons. The third-order valence-corrected chi connectivity index (χ3v) is 9.28. The van der Waals surface area contributed by atoms with Crippen molar-refractivity contribution in [2.24, 2.45) is 39.9 Å². The molecule has 0 aromatic rings. The van der Waals surface area contributed by atoms with Crippen molar-refractivity contribution in [2.75, 3.05) is 0 Å². The molecule has 0 aliphatic heterocycles. The molecular weight excluding hydrogens is 260 g/mol. The standard InChI is InChI=1S/C19H28O2/c1-17-7-6-14-12(13(17)3-4-15(17)20)9-16(21)19-10-11(19)5-8-18(14,19)2/h11-14,16,21H,3-10H2,1-2H3/t11-,12+,13+,14+,16-,17+,18-,19+/m1/s1. The van der Waals surface area contributed by atoms with Gasteiger partial charge in [-0.05, 0) is 74.0 Å². The van der Waals surface area contributed by atoms with Crippen LogP contribution >= 0.6 is 0 Å². The fourth-order valence-electron chi connectivity index (χ4n) is 8.08. The Morgan fingerprint density at radius 2 is 1.90 bits per heavy atom. The Bertz CT molecular complexity index is 528. The number of hydrogen-bond donors (Lipinski definition) is 1. The molecule has 0 unspecified atom stereocenters. The summed E-state index contributed by atoms with van der Waals surface area (Å²) in [6.07, 6.45) is 9.10. The lowest BCUT2D eigenvalue weighted by Crippen LogP contribution is -2.56. The number of aliphatic hydroxyl groups is 1. The number of carbonyl (C=O) groups excluding carboxylic acids is 1. The lowest BCUT2D eigenvalue weighted by atomic mass is 9.46. The highest BCUT2D eigenvalue weighted by Crippen LogP contribution is 2.81. The first-order valence-electron chi connectivity index (χ1n) is 9.15. The Morgan fingerprint density at radius 3 is 2.67 bits per heavy atom. The fourth-order valence-corrected chi connectivity index (χ4v) is 8.08. The van der Waals surface area contributed by atoms with Crippen LogP contribution in [0.2, 0.25) is 0 Å². The van der Waals surface area contributed by atoms with Gasteiger partial charge in [0, 0.05) is 17.3 Å². The summed E-state index contributed by atoms with van der Waals surface area (Å²) in [4.78, 5) is 12.4. The van der Waals surface area contributed by atoms with Crippen LogP contribution in [0.4, 0.5) is 0 Å². The molecule has 0 aromatic heterocycles. The van der Waals surface area contributed by atoms with E-state index in [9.17, 15) is 9.90 Å². The second-order valence-electron chi connectivity index (χ2n) is 9.44. The molecule has 1 N–H and O–H groups in total. The number of rotatable bonds is 0. The summed E-state index contributed by atoms with van der Waals surface area (Å²) in [7, 11) is 0. The van der Waals surface area contributed by atoms with Crippen molar-refractivity contribution in [1.29, 1.82) is 0 Å². The van der Waals surface area contributed by atoms with Crippen molar-refractivity contribution < 1.29 is 9.90 Å². The minimum atomic E-state index is -0.0886. The van der Waals surface area contributed by atoms with Gasteiger partial charge in [0.15, 0.2) is 0 Å². The zero-order chi connectivity index (χ0) is 14.6. The van der Waals surface area contributed by atoms with Crippen LogP contribution in [0.25, 0.3) is 0 Å². The largest absolute Gasteiger partial charge is 0.393 e. The van der Waals surface area contributed by atoms with Gasteiger partial charge in [-0.2, -0.15) is 0 Å². The Balaban J connectivity index is 1.57. The van der Waals surface area contributed by atoms with Gasteiger partial charge in [-0.25, -0.2) is 0 Å². The molecule has 5 rings (SSSR count). The van der Waals surface area contributed by atoms with E-state index in [2.05, 4.69) is 13.8 Å². The average molecular weight is 288 g/mol. The molecule has 8 atom stereocenters. The van der Waals surface area contributed by atoms with E-state index in [1.165, 1.54) is 25.7 Å². The van der Waals surface area contributed by atoms with Gasteiger partial charge in [0.1, 0.15) is 5.78 Å². The minimum absolute atomic E-state index is 0.0523. The van der Waals surface area contributed by atoms with E-state index in [0.717, 1.165) is 37.5 Å². The maximum atomic E-state index is 12.4. The summed E-state index contributed by atoms with van der Waals surface area (Å²) >= 11 is 0. The monoisotopic (exact) mass is 288 g/mol. The van der Waals surface area contributed by atoms with Crippen molar-refractivity contribution in [3.8, 4) is 0 Å². The highest BCUT2D eigenvalue weighted by Gasteiger charge is 2.77. The molecule has 21 heavy (non-hydrogen) atoms. The van der Waals surface area contributed by atoms with Crippen molar-refractivity contribution in [3.05, 3.63) is 0 Å². The number of aliphatic hydroxyl groups excluding tert-OH is 1. The SMILES string of the molecule is C[C@]12CC[C@H]3[C@@H](C[C@@H](O)[C@]45C[C@H]4CC[C@]35C)[C@@H]1CCC2=O. The Labute approximate surface area is 127 Å². The predicted molar refractivity (Wildman–Crippen MR) is 80.6 cm³/mol. The van der Waals surface area contributed by atoms with Gasteiger partial charge in [-0.15, -0.1) is 0 Å². The van der Waals surface area contributed by atoms with E-state index >= 15 is 0 Å².